The van der Waals surface area contributed by atoms with Gasteiger partial charge in [-0.2, -0.15) is 4.31 Å². The molecular weight excluding hydrogens is 362 g/mol. The molecule has 27 heavy (non-hydrogen) atoms. The zero-order valence-corrected chi connectivity index (χ0v) is 18.3. The molecule has 1 saturated heterocycles. The second-order valence-corrected chi connectivity index (χ2v) is 10.5. The Bertz CT molecular complexity index is 840. The van der Waals surface area contributed by atoms with Crippen LogP contribution >= 0.6 is 0 Å². The number of aryl methyl sites for hydroxylation is 3. The van der Waals surface area contributed by atoms with Crippen LogP contribution in [-0.2, 0) is 19.6 Å². The first-order valence-electron chi connectivity index (χ1n) is 9.28. The maximum absolute atomic E-state index is 13.3. The number of carbonyl (C=O) groups excluding carboxylic acids is 1. The molecule has 0 N–H and O–H groups in total. The van der Waals surface area contributed by atoms with Crippen LogP contribution in [0.3, 0.4) is 0 Å². The Labute approximate surface area is 163 Å². The number of sulfonamides is 1. The summed E-state index contributed by atoms with van der Waals surface area (Å²) in [6, 6.07) is 3.29. The first-order chi connectivity index (χ1) is 12.3. The van der Waals surface area contributed by atoms with E-state index in [9.17, 15) is 13.2 Å². The third-order valence-electron chi connectivity index (χ3n) is 4.51. The lowest BCUT2D eigenvalue weighted by atomic mass is 10.1. The van der Waals surface area contributed by atoms with Gasteiger partial charge in [0.15, 0.2) is 0 Å². The minimum absolute atomic E-state index is 0.138. The Kier molecular flexibility index (Phi) is 5.93. The van der Waals surface area contributed by atoms with Crippen molar-refractivity contribution in [3.8, 4) is 0 Å². The van der Waals surface area contributed by atoms with E-state index in [-0.39, 0.29) is 18.0 Å². The number of esters is 1. The molecule has 1 heterocycles. The summed E-state index contributed by atoms with van der Waals surface area (Å²) in [5.41, 5.74) is 1.95. The molecule has 0 radical (unpaired) electrons. The Hall–Kier alpha value is -1.66. The summed E-state index contributed by atoms with van der Waals surface area (Å²) in [5, 5.41) is 0. The van der Waals surface area contributed by atoms with Crippen LogP contribution in [-0.4, -0.2) is 36.4 Å². The molecule has 1 fully saturated rings. The summed E-state index contributed by atoms with van der Waals surface area (Å²) in [6.07, 6.45) is 2.99. The second kappa shape index (κ2) is 7.40. The van der Waals surface area contributed by atoms with Crippen LogP contribution in [0.1, 0.15) is 51.3 Å². The van der Waals surface area contributed by atoms with Crippen LogP contribution < -0.4 is 0 Å². The minimum atomic E-state index is -3.64. The molecule has 5 nitrogen and oxygen atoms in total. The molecule has 3 atom stereocenters. The number of carbonyl (C=O) groups is 1. The number of rotatable bonds is 5. The molecule has 0 aromatic heterocycles. The third kappa shape index (κ3) is 4.79. The molecule has 6 heteroatoms. The number of benzene rings is 1. The maximum atomic E-state index is 13.3. The van der Waals surface area contributed by atoms with Gasteiger partial charge in [0.25, 0.3) is 0 Å². The number of hydrogen-bond acceptors (Lipinski definition) is 4. The number of hydrogen-bond donors (Lipinski definition) is 0. The third-order valence-corrected chi connectivity index (χ3v) is 6.71. The molecule has 0 aliphatic carbocycles. The summed E-state index contributed by atoms with van der Waals surface area (Å²) in [6.45, 7) is 15.0. The largest absolute Gasteiger partial charge is 0.457 e. The average Bonchev–Trinajstić information content (AvgIpc) is 3.17. The molecule has 1 aliphatic heterocycles. The topological polar surface area (TPSA) is 63.5 Å². The van der Waals surface area contributed by atoms with E-state index >= 15 is 0 Å². The van der Waals surface area contributed by atoms with Crippen molar-refractivity contribution in [2.45, 2.75) is 78.0 Å². The summed E-state index contributed by atoms with van der Waals surface area (Å²) >= 11 is 0. The van der Waals surface area contributed by atoms with Gasteiger partial charge in [-0.1, -0.05) is 37.6 Å². The fourth-order valence-corrected chi connectivity index (χ4v) is 5.94. The van der Waals surface area contributed by atoms with Gasteiger partial charge in [-0.05, 0) is 58.6 Å². The summed E-state index contributed by atoms with van der Waals surface area (Å²) in [4.78, 5) is 12.3. The van der Waals surface area contributed by atoms with Crippen molar-refractivity contribution in [3.63, 3.8) is 0 Å². The molecule has 0 spiro atoms. The normalized spacial score (nSPS) is 23.1. The number of nitrogens with zero attached hydrogens (tertiary/aromatic N) is 1. The lowest BCUT2D eigenvalue weighted by molar-refractivity contribution is -0.148. The van der Waals surface area contributed by atoms with E-state index in [1.165, 1.54) is 10.4 Å². The Balaban J connectivity index is 2.32. The predicted molar refractivity (Wildman–Crippen MR) is 107 cm³/mol. The molecule has 0 saturated carbocycles. The first-order valence-corrected chi connectivity index (χ1v) is 10.7. The molecule has 1 aromatic carbocycles. The smallest absolute Gasteiger partial charge is 0.331 e. The van der Waals surface area contributed by atoms with E-state index in [4.69, 9.17) is 4.74 Å². The van der Waals surface area contributed by atoms with Crippen molar-refractivity contribution in [2.24, 2.45) is 5.92 Å². The van der Waals surface area contributed by atoms with Gasteiger partial charge in [-0.15, -0.1) is 0 Å². The first kappa shape index (κ1) is 21.6. The summed E-state index contributed by atoms with van der Waals surface area (Å²) in [7, 11) is -3.64. The lowest BCUT2D eigenvalue weighted by Crippen LogP contribution is -2.22. The highest BCUT2D eigenvalue weighted by Gasteiger charge is 2.55. The zero-order chi connectivity index (χ0) is 20.7. The highest BCUT2D eigenvalue weighted by Crippen LogP contribution is 2.42. The molecule has 2 rings (SSSR count). The van der Waals surface area contributed by atoms with E-state index < -0.39 is 21.6 Å². The molecule has 150 valence electrons. The van der Waals surface area contributed by atoms with Crippen LogP contribution in [0.2, 0.25) is 0 Å². The van der Waals surface area contributed by atoms with E-state index in [1.807, 2.05) is 46.8 Å². The molecule has 1 aromatic rings. The lowest BCUT2D eigenvalue weighted by Gasteiger charge is -2.17. The van der Waals surface area contributed by atoms with Gasteiger partial charge in [0, 0.05) is 12.1 Å². The van der Waals surface area contributed by atoms with Crippen molar-refractivity contribution in [1.29, 1.82) is 0 Å². The monoisotopic (exact) mass is 393 g/mol. The van der Waals surface area contributed by atoms with Crippen molar-refractivity contribution in [2.75, 3.05) is 0 Å². The zero-order valence-electron chi connectivity index (χ0n) is 17.5. The van der Waals surface area contributed by atoms with Gasteiger partial charge in [-0.3, -0.25) is 0 Å². The van der Waals surface area contributed by atoms with Gasteiger partial charge >= 0.3 is 5.97 Å². The number of ether oxygens (including phenoxy) is 1. The predicted octanol–water partition coefficient (Wildman–Crippen LogP) is 3.91. The molecule has 0 bridgehead atoms. The molecule has 1 unspecified atom stereocenters. The molecular formula is C21H31NO4S. The van der Waals surface area contributed by atoms with Crippen LogP contribution in [0.4, 0.5) is 0 Å². The van der Waals surface area contributed by atoms with E-state index in [1.54, 1.807) is 26.8 Å². The summed E-state index contributed by atoms with van der Waals surface area (Å²) < 4.78 is 33.4. The molecule has 0 amide bonds. The van der Waals surface area contributed by atoms with E-state index in [0.717, 1.165) is 16.7 Å². The quantitative estimate of drug-likeness (QED) is 0.432. The second-order valence-electron chi connectivity index (χ2n) is 8.68. The van der Waals surface area contributed by atoms with Crippen LogP contribution in [0, 0.1) is 26.7 Å². The minimum Gasteiger partial charge on any atom is -0.457 e. The fourth-order valence-electron chi connectivity index (χ4n) is 3.65. The van der Waals surface area contributed by atoms with Crippen LogP contribution in [0.5, 0.6) is 0 Å². The van der Waals surface area contributed by atoms with Gasteiger partial charge in [0.1, 0.15) is 5.60 Å². The van der Waals surface area contributed by atoms with Gasteiger partial charge in [0.05, 0.1) is 10.9 Å². The van der Waals surface area contributed by atoms with Gasteiger partial charge in [-0.25, -0.2) is 13.2 Å². The maximum Gasteiger partial charge on any atom is 0.331 e. The molecule has 1 aliphatic rings. The van der Waals surface area contributed by atoms with Crippen molar-refractivity contribution in [1.82, 2.24) is 4.31 Å². The summed E-state index contributed by atoms with van der Waals surface area (Å²) in [5.74, 6) is -0.323. The van der Waals surface area contributed by atoms with Gasteiger partial charge in [0.2, 0.25) is 10.0 Å². The Morgan fingerprint density at radius 2 is 1.67 bits per heavy atom. The Morgan fingerprint density at radius 3 is 2.11 bits per heavy atom. The fraction of sp³-hybridized carbons (Fsp3) is 0.571. The van der Waals surface area contributed by atoms with Crippen LogP contribution in [0.25, 0.3) is 0 Å². The van der Waals surface area contributed by atoms with Crippen molar-refractivity contribution < 1.29 is 17.9 Å². The van der Waals surface area contributed by atoms with E-state index in [0.29, 0.717) is 4.90 Å². The Morgan fingerprint density at radius 1 is 1.15 bits per heavy atom. The SMILES string of the molecule is Cc1cc(C)c(S(=O)(=O)N2[C@H](/C=C\C(=O)OC(C)(C)C)[C@@H]2C(C)C)c(C)c1. The average molecular weight is 394 g/mol. The standard InChI is InChI=1S/C21H31NO4S/c1-13(2)19-17(9-10-18(23)26-21(6,7)8)22(19)27(24,25)20-15(4)11-14(3)12-16(20)5/h9-13,17,19H,1-8H3/b10-9-/t17-,19+,22?/m1/s1. The van der Waals surface area contributed by atoms with Crippen LogP contribution in [0.15, 0.2) is 29.2 Å². The highest BCUT2D eigenvalue weighted by atomic mass is 32.2. The van der Waals surface area contributed by atoms with Crippen molar-refractivity contribution in [3.05, 3.63) is 41.0 Å². The van der Waals surface area contributed by atoms with Gasteiger partial charge < -0.3 is 4.74 Å². The van der Waals surface area contributed by atoms with Crippen molar-refractivity contribution >= 4 is 16.0 Å². The van der Waals surface area contributed by atoms with E-state index in [2.05, 4.69) is 0 Å². The highest BCUT2D eigenvalue weighted by molar-refractivity contribution is 7.89.